The Morgan fingerprint density at radius 1 is 1.41 bits per heavy atom. The van der Waals surface area contributed by atoms with Crippen molar-refractivity contribution in [3.05, 3.63) is 65.4 Å². The third kappa shape index (κ3) is 5.58. The molecule has 22 heavy (non-hydrogen) atoms. The summed E-state index contributed by atoms with van der Waals surface area (Å²) in [6.07, 6.45) is 3.88. The van der Waals surface area contributed by atoms with Crippen molar-refractivity contribution in [3.8, 4) is 0 Å². The number of hydrogen-bond acceptors (Lipinski definition) is 5. The van der Waals surface area contributed by atoms with Gasteiger partial charge < -0.3 is 16.0 Å². The summed E-state index contributed by atoms with van der Waals surface area (Å²) in [4.78, 5) is 4.34. The van der Waals surface area contributed by atoms with E-state index in [-0.39, 0.29) is 12.4 Å². The van der Waals surface area contributed by atoms with E-state index in [4.69, 9.17) is 15.7 Å². The summed E-state index contributed by atoms with van der Waals surface area (Å²) in [5.74, 6) is -0.279. The Hall–Kier alpha value is -2.96. The van der Waals surface area contributed by atoms with Crippen molar-refractivity contribution in [2.24, 2.45) is 16.5 Å². The second kappa shape index (κ2) is 9.06. The molecular formula is C15H18FN5O. The van der Waals surface area contributed by atoms with E-state index in [9.17, 15) is 4.39 Å². The number of allylic oxidation sites excluding steroid dienone is 2. The minimum Gasteiger partial charge on any atom is -0.402 e. The molecule has 0 aliphatic rings. The monoisotopic (exact) mass is 303 g/mol. The van der Waals surface area contributed by atoms with Gasteiger partial charge >= 0.3 is 0 Å². The average Bonchev–Trinajstić information content (AvgIpc) is 2.99. The number of benzene rings is 1. The lowest BCUT2D eigenvalue weighted by atomic mass is 10.2. The Labute approximate surface area is 127 Å². The maximum Gasteiger partial charge on any atom is 0.131 e. The van der Waals surface area contributed by atoms with Crippen LogP contribution in [-0.4, -0.2) is 17.2 Å². The third-order valence-electron chi connectivity index (χ3n) is 2.44. The van der Waals surface area contributed by atoms with E-state index in [2.05, 4.69) is 15.9 Å². The minimum absolute atomic E-state index is 0.221. The highest BCUT2D eigenvalue weighted by Crippen LogP contribution is 2.09. The lowest BCUT2D eigenvalue weighted by molar-refractivity contribution is 0.418. The standard InChI is InChI=1S/C14H14FN3O.CH4N2/c1-10(16)8-14(13-6-7-19-18-13)17-9-11-4-2-3-5-12(11)15;2-1-3/h2-8H,9,16H2,1H3;1H,(H3,2,3)/b10-8-,17-14?;. The molecule has 0 spiro atoms. The first-order valence-electron chi connectivity index (χ1n) is 6.41. The first-order valence-corrected chi connectivity index (χ1v) is 6.41. The lowest BCUT2D eigenvalue weighted by Crippen LogP contribution is -2.03. The predicted molar refractivity (Wildman–Crippen MR) is 84.1 cm³/mol. The van der Waals surface area contributed by atoms with Crippen molar-refractivity contribution in [3.63, 3.8) is 0 Å². The van der Waals surface area contributed by atoms with Crippen LogP contribution in [0.4, 0.5) is 4.39 Å². The molecule has 0 saturated heterocycles. The first kappa shape index (κ1) is 17.1. The van der Waals surface area contributed by atoms with Crippen molar-refractivity contribution in [1.82, 2.24) is 5.16 Å². The maximum absolute atomic E-state index is 13.5. The summed E-state index contributed by atoms with van der Waals surface area (Å²) in [5, 5.41) is 9.67. The number of hydrogen-bond donors (Lipinski definition) is 3. The SMILES string of the molecule is C/C(N)=C/C(=NCc1ccccc1F)c1ccon1.N=CN. The van der Waals surface area contributed by atoms with Crippen molar-refractivity contribution >= 4 is 12.1 Å². The number of halogens is 1. The van der Waals surface area contributed by atoms with Gasteiger partial charge in [-0.3, -0.25) is 10.4 Å². The fourth-order valence-electron chi connectivity index (χ4n) is 1.56. The second-order valence-corrected chi connectivity index (χ2v) is 4.23. The highest BCUT2D eigenvalue weighted by atomic mass is 19.1. The third-order valence-corrected chi connectivity index (χ3v) is 2.44. The van der Waals surface area contributed by atoms with E-state index in [0.717, 1.165) is 6.34 Å². The van der Waals surface area contributed by atoms with E-state index < -0.39 is 0 Å². The molecule has 0 radical (unpaired) electrons. The molecule has 0 amide bonds. The number of nitrogens with two attached hydrogens (primary N) is 2. The van der Waals surface area contributed by atoms with Crippen molar-refractivity contribution in [2.75, 3.05) is 0 Å². The Balaban J connectivity index is 0.000000745. The maximum atomic E-state index is 13.5. The highest BCUT2D eigenvalue weighted by molar-refractivity contribution is 6.07. The molecule has 1 heterocycles. The van der Waals surface area contributed by atoms with Crippen LogP contribution in [-0.2, 0) is 6.54 Å². The minimum atomic E-state index is -0.279. The van der Waals surface area contributed by atoms with Gasteiger partial charge in [0.1, 0.15) is 17.8 Å². The van der Waals surface area contributed by atoms with Gasteiger partial charge in [-0.05, 0) is 19.1 Å². The number of nitrogens with one attached hydrogen (secondary N) is 1. The van der Waals surface area contributed by atoms with Crippen LogP contribution in [0.5, 0.6) is 0 Å². The van der Waals surface area contributed by atoms with E-state index in [0.29, 0.717) is 22.7 Å². The summed E-state index contributed by atoms with van der Waals surface area (Å²) in [6.45, 7) is 1.97. The van der Waals surface area contributed by atoms with Gasteiger partial charge in [-0.25, -0.2) is 4.39 Å². The molecule has 0 saturated carbocycles. The zero-order chi connectivity index (χ0) is 16.4. The van der Waals surface area contributed by atoms with Gasteiger partial charge in [0, 0.05) is 17.3 Å². The van der Waals surface area contributed by atoms with Crippen LogP contribution < -0.4 is 11.5 Å². The van der Waals surface area contributed by atoms with Gasteiger partial charge in [-0.1, -0.05) is 23.4 Å². The molecule has 5 N–H and O–H groups in total. The number of aromatic nitrogens is 1. The van der Waals surface area contributed by atoms with Gasteiger partial charge in [0.05, 0.1) is 18.6 Å². The average molecular weight is 303 g/mol. The van der Waals surface area contributed by atoms with E-state index in [1.165, 1.54) is 12.3 Å². The number of aliphatic imine (C=N–C) groups is 1. The van der Waals surface area contributed by atoms with Crippen LogP contribution in [0.1, 0.15) is 18.2 Å². The topological polar surface area (TPSA) is 114 Å². The van der Waals surface area contributed by atoms with Crippen LogP contribution in [0.3, 0.4) is 0 Å². The van der Waals surface area contributed by atoms with E-state index >= 15 is 0 Å². The van der Waals surface area contributed by atoms with Gasteiger partial charge in [0.15, 0.2) is 0 Å². The molecule has 6 nitrogen and oxygen atoms in total. The van der Waals surface area contributed by atoms with Crippen molar-refractivity contribution < 1.29 is 8.91 Å². The summed E-state index contributed by atoms with van der Waals surface area (Å²) < 4.78 is 18.3. The zero-order valence-electron chi connectivity index (χ0n) is 12.2. The molecule has 0 bridgehead atoms. The summed E-state index contributed by atoms with van der Waals surface area (Å²) >= 11 is 0. The quantitative estimate of drug-likeness (QED) is 0.593. The van der Waals surface area contributed by atoms with E-state index in [1.54, 1.807) is 37.3 Å². The molecule has 0 atom stereocenters. The largest absolute Gasteiger partial charge is 0.402 e. The Morgan fingerprint density at radius 3 is 2.64 bits per heavy atom. The first-order chi connectivity index (χ1) is 10.6. The highest BCUT2D eigenvalue weighted by Gasteiger charge is 2.05. The van der Waals surface area contributed by atoms with Crippen molar-refractivity contribution in [1.29, 1.82) is 5.41 Å². The van der Waals surface area contributed by atoms with Crippen LogP contribution in [0.2, 0.25) is 0 Å². The van der Waals surface area contributed by atoms with Crippen LogP contribution in [0, 0.1) is 11.2 Å². The van der Waals surface area contributed by atoms with Gasteiger partial charge in [-0.15, -0.1) is 0 Å². The molecule has 2 aromatic rings. The summed E-state index contributed by atoms with van der Waals surface area (Å²) in [5.41, 5.74) is 12.3. The second-order valence-electron chi connectivity index (χ2n) is 4.23. The van der Waals surface area contributed by atoms with Crippen LogP contribution >= 0.6 is 0 Å². The number of nitrogens with zero attached hydrogens (tertiary/aromatic N) is 2. The van der Waals surface area contributed by atoms with Gasteiger partial charge in [0.25, 0.3) is 0 Å². The normalized spacial score (nSPS) is 11.5. The van der Waals surface area contributed by atoms with Crippen molar-refractivity contribution in [2.45, 2.75) is 13.5 Å². The Bertz CT molecular complexity index is 646. The van der Waals surface area contributed by atoms with Gasteiger partial charge in [0.2, 0.25) is 0 Å². The molecule has 0 unspecified atom stereocenters. The lowest BCUT2D eigenvalue weighted by Gasteiger charge is -2.01. The molecule has 1 aromatic heterocycles. The molecule has 2 rings (SSSR count). The van der Waals surface area contributed by atoms with Gasteiger partial charge in [-0.2, -0.15) is 0 Å². The van der Waals surface area contributed by atoms with E-state index in [1.807, 2.05) is 0 Å². The number of rotatable bonds is 4. The molecule has 1 aromatic carbocycles. The zero-order valence-corrected chi connectivity index (χ0v) is 12.2. The summed E-state index contributed by atoms with van der Waals surface area (Å²) in [7, 11) is 0. The molecule has 116 valence electrons. The Morgan fingerprint density at radius 2 is 2.09 bits per heavy atom. The van der Waals surface area contributed by atoms with Crippen LogP contribution in [0.15, 0.2) is 57.9 Å². The molecule has 0 aliphatic heterocycles. The molecule has 0 aliphatic carbocycles. The smallest absolute Gasteiger partial charge is 0.131 e. The summed E-state index contributed by atoms with van der Waals surface area (Å²) in [6, 6.07) is 8.20. The fourth-order valence-corrected chi connectivity index (χ4v) is 1.56. The predicted octanol–water partition coefficient (Wildman–Crippen LogP) is 2.22. The fraction of sp³-hybridized carbons (Fsp3) is 0.133. The molecular weight excluding hydrogens is 285 g/mol. The molecule has 7 heteroatoms. The molecule has 0 fully saturated rings. The Kier molecular flexibility index (Phi) is 7.04. The van der Waals surface area contributed by atoms with Crippen LogP contribution in [0.25, 0.3) is 0 Å².